The molecule has 0 unspecified atom stereocenters. The fourth-order valence-electron chi connectivity index (χ4n) is 2.15. The summed E-state index contributed by atoms with van der Waals surface area (Å²) in [5.41, 5.74) is 8.10. The minimum Gasteiger partial charge on any atom is -0.493 e. The van der Waals surface area contributed by atoms with Crippen LogP contribution in [0, 0.1) is 0 Å². The summed E-state index contributed by atoms with van der Waals surface area (Å²) in [4.78, 5) is 5.60. The lowest BCUT2D eigenvalue weighted by molar-refractivity contribution is 0.354. The zero-order valence-corrected chi connectivity index (χ0v) is 17.8. The first-order valence-electron chi connectivity index (χ1n) is 7.54. The maximum absolute atomic E-state index is 5.93. The minimum absolute atomic E-state index is 0. The van der Waals surface area contributed by atoms with Gasteiger partial charge in [0, 0.05) is 11.4 Å². The molecule has 136 valence electrons. The largest absolute Gasteiger partial charge is 0.493 e. The zero-order valence-electron chi connectivity index (χ0n) is 14.6. The van der Waals surface area contributed by atoms with Gasteiger partial charge in [-0.3, -0.25) is 0 Å². The van der Waals surface area contributed by atoms with Gasteiger partial charge < -0.3 is 20.5 Å². The number of nitrogens with zero attached hydrogens (tertiary/aromatic N) is 1. The highest BCUT2D eigenvalue weighted by Gasteiger charge is 2.04. The molecule has 0 amide bonds. The Hall–Kier alpha value is -1.61. The predicted octanol–water partition coefficient (Wildman–Crippen LogP) is 3.65. The zero-order chi connectivity index (χ0) is 17.4. The molecule has 0 aliphatic carbocycles. The maximum atomic E-state index is 5.93. The van der Waals surface area contributed by atoms with Crippen LogP contribution in [-0.2, 0) is 13.1 Å². The van der Waals surface area contributed by atoms with Gasteiger partial charge in [-0.1, -0.05) is 18.2 Å². The summed E-state index contributed by atoms with van der Waals surface area (Å²) in [5.74, 6) is 1.80. The summed E-state index contributed by atoms with van der Waals surface area (Å²) in [6, 6.07) is 14.1. The van der Waals surface area contributed by atoms with Crippen LogP contribution in [0.1, 0.15) is 11.1 Å². The Morgan fingerprint density at radius 3 is 2.28 bits per heavy atom. The third-order valence-electron chi connectivity index (χ3n) is 3.51. The third kappa shape index (κ3) is 6.66. The van der Waals surface area contributed by atoms with Crippen molar-refractivity contribution in [2.24, 2.45) is 10.7 Å². The van der Waals surface area contributed by atoms with Gasteiger partial charge in [-0.2, -0.15) is 0 Å². The van der Waals surface area contributed by atoms with E-state index >= 15 is 0 Å². The second-order valence-electron chi connectivity index (χ2n) is 5.09. The Morgan fingerprint density at radius 2 is 1.68 bits per heavy atom. The van der Waals surface area contributed by atoms with Gasteiger partial charge in [0.05, 0.1) is 20.8 Å². The van der Waals surface area contributed by atoms with Crippen LogP contribution in [0.15, 0.2) is 52.4 Å². The molecule has 2 aromatic rings. The van der Waals surface area contributed by atoms with Crippen LogP contribution in [0.3, 0.4) is 0 Å². The summed E-state index contributed by atoms with van der Waals surface area (Å²) in [5, 5.41) is 3.12. The SMILES string of the molecule is COc1ccc(CN=C(N)NCc2ccc(SC)cc2)cc1OC.I. The van der Waals surface area contributed by atoms with Gasteiger partial charge in [0.25, 0.3) is 0 Å². The van der Waals surface area contributed by atoms with Crippen molar-refractivity contribution in [3.8, 4) is 11.5 Å². The number of hydrogen-bond donors (Lipinski definition) is 2. The molecule has 0 spiro atoms. The van der Waals surface area contributed by atoms with Crippen LogP contribution >= 0.6 is 35.7 Å². The summed E-state index contributed by atoms with van der Waals surface area (Å²) >= 11 is 1.73. The van der Waals surface area contributed by atoms with Gasteiger partial charge in [0.15, 0.2) is 17.5 Å². The molecule has 7 heteroatoms. The van der Waals surface area contributed by atoms with Crippen molar-refractivity contribution >= 4 is 41.7 Å². The van der Waals surface area contributed by atoms with Crippen LogP contribution in [0.25, 0.3) is 0 Å². The van der Waals surface area contributed by atoms with E-state index < -0.39 is 0 Å². The van der Waals surface area contributed by atoms with Gasteiger partial charge in [-0.15, -0.1) is 35.7 Å². The van der Waals surface area contributed by atoms with Crippen molar-refractivity contribution in [2.45, 2.75) is 18.0 Å². The highest BCUT2D eigenvalue weighted by atomic mass is 127. The van der Waals surface area contributed by atoms with Gasteiger partial charge in [0.1, 0.15) is 0 Å². The van der Waals surface area contributed by atoms with Crippen LogP contribution in [-0.4, -0.2) is 26.4 Å². The monoisotopic (exact) mass is 473 g/mol. The number of benzene rings is 2. The van der Waals surface area contributed by atoms with E-state index in [2.05, 4.69) is 40.8 Å². The third-order valence-corrected chi connectivity index (χ3v) is 4.26. The number of ether oxygens (including phenoxy) is 2. The van der Waals surface area contributed by atoms with Crippen molar-refractivity contribution in [1.82, 2.24) is 5.32 Å². The van der Waals surface area contributed by atoms with Gasteiger partial charge in [0.2, 0.25) is 0 Å². The van der Waals surface area contributed by atoms with E-state index in [-0.39, 0.29) is 24.0 Å². The number of methoxy groups -OCH3 is 2. The van der Waals surface area contributed by atoms with Crippen molar-refractivity contribution in [2.75, 3.05) is 20.5 Å². The molecule has 25 heavy (non-hydrogen) atoms. The van der Waals surface area contributed by atoms with Gasteiger partial charge in [-0.25, -0.2) is 4.99 Å². The fourth-order valence-corrected chi connectivity index (χ4v) is 2.56. The molecule has 0 heterocycles. The number of rotatable bonds is 7. The topological polar surface area (TPSA) is 68.9 Å². The lowest BCUT2D eigenvalue weighted by Gasteiger charge is -2.09. The molecule has 0 aliphatic heterocycles. The summed E-state index contributed by atoms with van der Waals surface area (Å²) < 4.78 is 10.5. The normalized spacial score (nSPS) is 10.8. The van der Waals surface area contributed by atoms with E-state index in [1.54, 1.807) is 26.0 Å². The van der Waals surface area contributed by atoms with Crippen molar-refractivity contribution in [3.05, 3.63) is 53.6 Å². The molecule has 2 aromatic carbocycles. The lowest BCUT2D eigenvalue weighted by Crippen LogP contribution is -2.31. The molecule has 0 aliphatic rings. The van der Waals surface area contributed by atoms with Crippen molar-refractivity contribution < 1.29 is 9.47 Å². The second-order valence-corrected chi connectivity index (χ2v) is 5.97. The van der Waals surface area contributed by atoms with Crippen molar-refractivity contribution in [1.29, 1.82) is 0 Å². The van der Waals surface area contributed by atoms with Crippen molar-refractivity contribution in [3.63, 3.8) is 0 Å². The van der Waals surface area contributed by atoms with E-state index in [4.69, 9.17) is 15.2 Å². The minimum atomic E-state index is 0. The van der Waals surface area contributed by atoms with E-state index in [1.165, 1.54) is 4.90 Å². The molecule has 0 atom stereocenters. The molecule has 3 N–H and O–H groups in total. The molecule has 0 fully saturated rings. The van der Waals surface area contributed by atoms with Crippen LogP contribution in [0.5, 0.6) is 11.5 Å². The number of hydrogen-bond acceptors (Lipinski definition) is 4. The molecule has 5 nitrogen and oxygen atoms in total. The quantitative estimate of drug-likeness (QED) is 0.278. The standard InChI is InChI=1S/C18H23N3O2S.HI/c1-22-16-9-6-14(10-17(16)23-2)12-21-18(19)20-11-13-4-7-15(24-3)8-5-13;/h4-10H,11-12H2,1-3H3,(H3,19,20,21);1H. The molecule has 0 saturated heterocycles. The van der Waals surface area contributed by atoms with Crippen LogP contribution < -0.4 is 20.5 Å². The van der Waals surface area contributed by atoms with E-state index in [0.29, 0.717) is 30.5 Å². The van der Waals surface area contributed by atoms with Crippen LogP contribution in [0.4, 0.5) is 0 Å². The summed E-state index contributed by atoms with van der Waals surface area (Å²) in [6.45, 7) is 1.13. The Labute approximate surface area is 170 Å². The summed E-state index contributed by atoms with van der Waals surface area (Å²) in [6.07, 6.45) is 2.06. The lowest BCUT2D eigenvalue weighted by atomic mass is 10.2. The average molecular weight is 473 g/mol. The molecular formula is C18H24IN3O2S. The van der Waals surface area contributed by atoms with E-state index in [0.717, 1.165) is 11.1 Å². The van der Waals surface area contributed by atoms with Gasteiger partial charge in [-0.05, 0) is 41.6 Å². The number of halogens is 1. The Balaban J connectivity index is 0.00000312. The Morgan fingerprint density at radius 1 is 1.04 bits per heavy atom. The highest BCUT2D eigenvalue weighted by molar-refractivity contribution is 14.0. The predicted molar refractivity (Wildman–Crippen MR) is 115 cm³/mol. The molecule has 0 radical (unpaired) electrons. The number of nitrogens with two attached hydrogens (primary N) is 1. The maximum Gasteiger partial charge on any atom is 0.189 e. The Kier molecular flexibility index (Phi) is 9.51. The smallest absolute Gasteiger partial charge is 0.189 e. The number of thioether (sulfide) groups is 1. The number of nitrogens with one attached hydrogen (secondary N) is 1. The average Bonchev–Trinajstić information content (AvgIpc) is 2.64. The first kappa shape index (κ1) is 21.4. The molecule has 0 aromatic heterocycles. The first-order valence-corrected chi connectivity index (χ1v) is 8.76. The molecule has 2 rings (SSSR count). The van der Waals surface area contributed by atoms with Crippen LogP contribution in [0.2, 0.25) is 0 Å². The number of guanidine groups is 1. The number of aliphatic imine (C=N–C) groups is 1. The molecular weight excluding hydrogens is 449 g/mol. The first-order chi connectivity index (χ1) is 11.7. The molecule has 0 bridgehead atoms. The molecule has 0 saturated carbocycles. The summed E-state index contributed by atoms with van der Waals surface area (Å²) in [7, 11) is 3.23. The fraction of sp³-hybridized carbons (Fsp3) is 0.278. The second kappa shape index (κ2) is 11.1. The highest BCUT2D eigenvalue weighted by Crippen LogP contribution is 2.27. The van der Waals surface area contributed by atoms with E-state index in [1.807, 2.05) is 18.2 Å². The van der Waals surface area contributed by atoms with E-state index in [9.17, 15) is 0 Å². The van der Waals surface area contributed by atoms with Gasteiger partial charge >= 0.3 is 0 Å². The Bertz CT molecular complexity index is 693.